The minimum atomic E-state index is -0.262. The van der Waals surface area contributed by atoms with Gasteiger partial charge in [-0.25, -0.2) is 0 Å². The highest BCUT2D eigenvalue weighted by Crippen LogP contribution is 2.23. The number of esters is 1. The molecule has 0 N–H and O–H groups in total. The summed E-state index contributed by atoms with van der Waals surface area (Å²) in [6, 6.07) is 9.64. The van der Waals surface area contributed by atoms with Gasteiger partial charge in [-0.05, 0) is 5.56 Å². The number of carbonyl (C=O) groups is 1. The largest absolute Gasteiger partial charge is 0.457 e. The molecule has 1 radical (unpaired) electrons. The van der Waals surface area contributed by atoms with E-state index in [0.717, 1.165) is 5.56 Å². The lowest BCUT2D eigenvalue weighted by molar-refractivity contribution is -0.144. The van der Waals surface area contributed by atoms with Crippen molar-refractivity contribution in [3.8, 4) is 0 Å². The highest BCUT2D eigenvalue weighted by molar-refractivity contribution is 14.1. The van der Waals surface area contributed by atoms with Crippen LogP contribution in [0.3, 0.4) is 0 Å². The molecule has 1 atom stereocenters. The van der Waals surface area contributed by atoms with Crippen LogP contribution >= 0.6 is 22.6 Å². The van der Waals surface area contributed by atoms with E-state index >= 15 is 0 Å². The Morgan fingerprint density at radius 2 is 2.08 bits per heavy atom. The first-order valence-corrected chi connectivity index (χ1v) is 5.14. The smallest absolute Gasteiger partial charge is 0.303 e. The van der Waals surface area contributed by atoms with Crippen molar-refractivity contribution in [2.75, 3.05) is 0 Å². The summed E-state index contributed by atoms with van der Waals surface area (Å²) in [6.45, 7) is 1.41. The number of carbonyl (C=O) groups excluding carboxylic acids is 1. The molecule has 0 heterocycles. The summed E-state index contributed by atoms with van der Waals surface area (Å²) in [5, 5.41) is 0. The third-order valence-corrected chi connectivity index (χ3v) is 2.19. The molecule has 0 saturated heterocycles. The zero-order chi connectivity index (χ0) is 9.68. The van der Waals surface area contributed by atoms with Crippen LogP contribution in [0.15, 0.2) is 30.3 Å². The zero-order valence-electron chi connectivity index (χ0n) is 7.24. The van der Waals surface area contributed by atoms with Crippen molar-refractivity contribution >= 4 is 28.6 Å². The average molecular weight is 289 g/mol. The van der Waals surface area contributed by atoms with E-state index in [1.165, 1.54) is 6.92 Å². The van der Waals surface area contributed by atoms with Gasteiger partial charge in [0.1, 0.15) is 6.10 Å². The summed E-state index contributed by atoms with van der Waals surface area (Å²) < 4.78 is 6.91. The van der Waals surface area contributed by atoms with Crippen molar-refractivity contribution in [3.05, 3.63) is 40.3 Å². The molecule has 1 aromatic carbocycles. The van der Waals surface area contributed by atoms with Gasteiger partial charge in [-0.15, -0.1) is 0 Å². The van der Waals surface area contributed by atoms with E-state index in [9.17, 15) is 4.79 Å². The van der Waals surface area contributed by atoms with Crippen molar-refractivity contribution in [1.82, 2.24) is 0 Å². The van der Waals surface area contributed by atoms with Gasteiger partial charge in [0.25, 0.3) is 0 Å². The van der Waals surface area contributed by atoms with E-state index in [4.69, 9.17) is 4.74 Å². The molecular weight excluding hydrogens is 279 g/mol. The van der Waals surface area contributed by atoms with Gasteiger partial charge in [-0.1, -0.05) is 52.9 Å². The fraction of sp³-hybridized carbons (Fsp3) is 0.200. The predicted molar refractivity (Wildman–Crippen MR) is 59.3 cm³/mol. The number of ether oxygens (including phenoxy) is 1. The molecule has 0 aliphatic carbocycles. The van der Waals surface area contributed by atoms with Crippen LogP contribution in [0.25, 0.3) is 0 Å². The summed E-state index contributed by atoms with van der Waals surface area (Å²) in [7, 11) is 0. The van der Waals surface area contributed by atoms with Crippen LogP contribution in [0.2, 0.25) is 0 Å². The van der Waals surface area contributed by atoms with Crippen molar-refractivity contribution in [1.29, 1.82) is 0 Å². The third kappa shape index (κ3) is 3.34. The van der Waals surface area contributed by atoms with Gasteiger partial charge in [0.05, 0.1) is 4.43 Å². The zero-order valence-corrected chi connectivity index (χ0v) is 9.39. The summed E-state index contributed by atoms with van der Waals surface area (Å²) in [6.07, 6.45) is -0.237. The van der Waals surface area contributed by atoms with Crippen LogP contribution in [0.5, 0.6) is 0 Å². The Morgan fingerprint density at radius 3 is 2.54 bits per heavy atom. The first-order chi connectivity index (χ1) is 6.24. The molecule has 0 aliphatic rings. The normalized spacial score (nSPS) is 12.2. The van der Waals surface area contributed by atoms with Crippen LogP contribution in [-0.2, 0) is 9.53 Å². The maximum atomic E-state index is 10.7. The van der Waals surface area contributed by atoms with Crippen LogP contribution in [0.1, 0.15) is 18.6 Å². The van der Waals surface area contributed by atoms with Gasteiger partial charge >= 0.3 is 5.97 Å². The van der Waals surface area contributed by atoms with Crippen LogP contribution in [0.4, 0.5) is 0 Å². The Bertz CT molecular complexity index is 272. The molecule has 13 heavy (non-hydrogen) atoms. The molecule has 0 fully saturated rings. The highest BCUT2D eigenvalue weighted by atomic mass is 127. The summed E-state index contributed by atoms with van der Waals surface area (Å²) in [4.78, 5) is 10.7. The molecule has 1 unspecified atom stereocenters. The Morgan fingerprint density at radius 1 is 1.46 bits per heavy atom. The van der Waals surface area contributed by atoms with E-state index in [-0.39, 0.29) is 12.1 Å². The molecule has 0 bridgehead atoms. The topological polar surface area (TPSA) is 26.3 Å². The first-order valence-electron chi connectivity index (χ1n) is 3.89. The van der Waals surface area contributed by atoms with Gasteiger partial charge in [0, 0.05) is 6.92 Å². The molecule has 3 heteroatoms. The van der Waals surface area contributed by atoms with Gasteiger partial charge in [0.2, 0.25) is 0 Å². The Labute approximate surface area is 91.4 Å². The molecule has 0 amide bonds. The second-order valence-corrected chi connectivity index (χ2v) is 3.29. The lowest BCUT2D eigenvalue weighted by Crippen LogP contribution is -2.06. The molecular formula is C10H10IO2. The van der Waals surface area contributed by atoms with E-state index < -0.39 is 0 Å². The number of benzene rings is 1. The number of rotatable bonds is 3. The second kappa shape index (κ2) is 5.21. The van der Waals surface area contributed by atoms with E-state index in [1.807, 2.05) is 34.8 Å². The van der Waals surface area contributed by atoms with Gasteiger partial charge in [-0.3, -0.25) is 4.79 Å². The quantitative estimate of drug-likeness (QED) is 0.632. The lowest BCUT2D eigenvalue weighted by Gasteiger charge is -2.13. The Kier molecular flexibility index (Phi) is 4.21. The summed E-state index contributed by atoms with van der Waals surface area (Å²) in [5.74, 6) is -0.262. The maximum absolute atomic E-state index is 10.7. The van der Waals surface area contributed by atoms with Crippen LogP contribution in [-0.4, -0.2) is 5.97 Å². The molecule has 0 saturated carbocycles. The second-order valence-electron chi connectivity index (χ2n) is 2.57. The highest BCUT2D eigenvalue weighted by Gasteiger charge is 2.12. The molecule has 1 rings (SSSR count). The Hall–Kier alpha value is -0.580. The van der Waals surface area contributed by atoms with E-state index in [1.54, 1.807) is 0 Å². The standard InChI is InChI=1S/C10H10IO2/c1-8(12)13-10(7-11)9-5-3-2-4-6-9/h2-7,10H,1H3. The van der Waals surface area contributed by atoms with Crippen LogP contribution < -0.4 is 0 Å². The van der Waals surface area contributed by atoms with Gasteiger partial charge < -0.3 is 4.74 Å². The van der Waals surface area contributed by atoms with Crippen molar-refractivity contribution in [3.63, 3.8) is 0 Å². The third-order valence-electron chi connectivity index (χ3n) is 1.54. The monoisotopic (exact) mass is 289 g/mol. The fourth-order valence-electron chi connectivity index (χ4n) is 0.988. The molecule has 2 nitrogen and oxygen atoms in total. The summed E-state index contributed by atoms with van der Waals surface area (Å²) in [5.41, 5.74) is 0.993. The number of halogens is 1. The van der Waals surface area contributed by atoms with Gasteiger partial charge in [-0.2, -0.15) is 0 Å². The molecule has 1 aromatic rings. The average Bonchev–Trinajstić information content (AvgIpc) is 2.15. The molecule has 0 spiro atoms. The predicted octanol–water partition coefficient (Wildman–Crippen LogP) is 2.89. The van der Waals surface area contributed by atoms with Crippen molar-refractivity contribution < 1.29 is 9.53 Å². The van der Waals surface area contributed by atoms with Crippen LogP contribution in [0, 0.1) is 4.43 Å². The first kappa shape index (κ1) is 10.5. The molecule has 0 aromatic heterocycles. The van der Waals surface area contributed by atoms with Crippen molar-refractivity contribution in [2.24, 2.45) is 0 Å². The lowest BCUT2D eigenvalue weighted by atomic mass is 10.1. The minimum absolute atomic E-state index is 0.237. The maximum Gasteiger partial charge on any atom is 0.303 e. The SMILES string of the molecule is CC(=O)OC([CH]I)c1ccccc1. The minimum Gasteiger partial charge on any atom is -0.457 e. The number of hydrogen-bond acceptors (Lipinski definition) is 2. The molecule has 0 aliphatic heterocycles. The summed E-state index contributed by atoms with van der Waals surface area (Å²) >= 11 is 2.08. The fourth-order valence-corrected chi connectivity index (χ4v) is 1.55. The van der Waals surface area contributed by atoms with Crippen molar-refractivity contribution in [2.45, 2.75) is 13.0 Å². The number of hydrogen-bond donors (Lipinski definition) is 0. The Balaban J connectivity index is 2.73. The molecule has 69 valence electrons. The van der Waals surface area contributed by atoms with E-state index in [2.05, 4.69) is 22.6 Å². The van der Waals surface area contributed by atoms with E-state index in [0.29, 0.717) is 0 Å². The van der Waals surface area contributed by atoms with Gasteiger partial charge in [0.15, 0.2) is 0 Å².